The van der Waals surface area contributed by atoms with Crippen LogP contribution in [0.2, 0.25) is 0 Å². The fourth-order valence-corrected chi connectivity index (χ4v) is 3.39. The number of nitrogen functional groups attached to an aromatic ring is 1. The van der Waals surface area contributed by atoms with E-state index in [9.17, 15) is 0 Å². The van der Waals surface area contributed by atoms with E-state index in [1.807, 2.05) is 31.4 Å². The number of hydrogen-bond donors (Lipinski definition) is 1. The molecule has 0 aliphatic carbocycles. The molecule has 2 aromatic heterocycles. The van der Waals surface area contributed by atoms with Gasteiger partial charge in [-0.1, -0.05) is 23.9 Å². The number of thiazole rings is 1. The van der Waals surface area contributed by atoms with Crippen molar-refractivity contribution in [1.82, 2.24) is 15.0 Å². The molecule has 0 bridgehead atoms. The van der Waals surface area contributed by atoms with Crippen molar-refractivity contribution in [3.05, 3.63) is 30.0 Å². The Balaban J connectivity index is 2.21. The van der Waals surface area contributed by atoms with Gasteiger partial charge in [-0.15, -0.1) is 11.3 Å². The van der Waals surface area contributed by atoms with E-state index in [2.05, 4.69) is 21.0 Å². The highest BCUT2D eigenvalue weighted by Gasteiger charge is 2.15. The molecule has 0 unspecified atom stereocenters. The molecule has 0 atom stereocenters. The average Bonchev–Trinajstić information content (AvgIpc) is 2.80. The van der Waals surface area contributed by atoms with Crippen molar-refractivity contribution in [3.8, 4) is 10.6 Å². The van der Waals surface area contributed by atoms with Crippen molar-refractivity contribution in [2.75, 3.05) is 12.0 Å². The van der Waals surface area contributed by atoms with E-state index >= 15 is 0 Å². The van der Waals surface area contributed by atoms with E-state index < -0.39 is 0 Å². The maximum atomic E-state index is 6.05. The summed E-state index contributed by atoms with van der Waals surface area (Å²) in [6.07, 6.45) is 1.94. The number of nitrogens with zero attached hydrogens (tertiary/aromatic N) is 3. The summed E-state index contributed by atoms with van der Waals surface area (Å²) >= 11 is 3.10. The molecule has 3 rings (SSSR count). The van der Waals surface area contributed by atoms with Crippen molar-refractivity contribution < 1.29 is 0 Å². The zero-order valence-corrected chi connectivity index (χ0v) is 12.2. The van der Waals surface area contributed by atoms with Crippen LogP contribution in [-0.2, 0) is 0 Å². The van der Waals surface area contributed by atoms with E-state index in [4.69, 9.17) is 5.73 Å². The van der Waals surface area contributed by atoms with Crippen molar-refractivity contribution in [3.63, 3.8) is 0 Å². The standard InChI is InChI=1S/C13H12N4S2/c1-7-10(11(14)17-13(15-7)18-2)12-16-8-5-3-4-6-9(8)19-12/h3-6H,1-2H3,(H2,14,15,17). The van der Waals surface area contributed by atoms with Crippen LogP contribution in [0.5, 0.6) is 0 Å². The Morgan fingerprint density at radius 3 is 2.63 bits per heavy atom. The van der Waals surface area contributed by atoms with Gasteiger partial charge in [0.25, 0.3) is 0 Å². The fraction of sp³-hybridized carbons (Fsp3) is 0.154. The Morgan fingerprint density at radius 2 is 1.95 bits per heavy atom. The summed E-state index contributed by atoms with van der Waals surface area (Å²) in [6.45, 7) is 1.94. The highest BCUT2D eigenvalue weighted by molar-refractivity contribution is 7.98. The first-order valence-corrected chi connectivity index (χ1v) is 7.77. The van der Waals surface area contributed by atoms with Crippen LogP contribution in [-0.4, -0.2) is 21.2 Å². The number of thioether (sulfide) groups is 1. The maximum Gasteiger partial charge on any atom is 0.189 e. The molecule has 0 saturated heterocycles. The monoisotopic (exact) mass is 288 g/mol. The molecular weight excluding hydrogens is 276 g/mol. The number of rotatable bonds is 2. The highest BCUT2D eigenvalue weighted by Crippen LogP contribution is 2.34. The largest absolute Gasteiger partial charge is 0.383 e. The van der Waals surface area contributed by atoms with E-state index in [1.54, 1.807) is 11.3 Å². The fourth-order valence-electron chi connectivity index (χ4n) is 1.90. The predicted octanol–water partition coefficient (Wildman–Crippen LogP) is 3.37. The molecule has 3 aromatic rings. The minimum absolute atomic E-state index is 0.496. The van der Waals surface area contributed by atoms with Gasteiger partial charge >= 0.3 is 0 Å². The summed E-state index contributed by atoms with van der Waals surface area (Å²) < 4.78 is 1.14. The number of aromatic nitrogens is 3. The van der Waals surface area contributed by atoms with Gasteiger partial charge in [0.05, 0.1) is 21.5 Å². The summed E-state index contributed by atoms with van der Waals surface area (Å²) in [6, 6.07) is 8.04. The number of nitrogens with two attached hydrogens (primary N) is 1. The zero-order valence-electron chi connectivity index (χ0n) is 10.5. The summed E-state index contributed by atoms with van der Waals surface area (Å²) in [7, 11) is 0. The molecule has 2 heterocycles. The lowest BCUT2D eigenvalue weighted by atomic mass is 10.2. The first kappa shape index (κ1) is 12.4. The van der Waals surface area contributed by atoms with Crippen LogP contribution in [0.25, 0.3) is 20.8 Å². The number of para-hydroxylation sites is 1. The molecule has 0 fully saturated rings. The van der Waals surface area contributed by atoms with Gasteiger partial charge in [0, 0.05) is 0 Å². The van der Waals surface area contributed by atoms with Crippen LogP contribution in [0.4, 0.5) is 5.82 Å². The zero-order chi connectivity index (χ0) is 13.4. The van der Waals surface area contributed by atoms with Gasteiger partial charge in [-0.2, -0.15) is 0 Å². The summed E-state index contributed by atoms with van der Waals surface area (Å²) in [5.74, 6) is 0.496. The predicted molar refractivity (Wildman–Crippen MR) is 81.6 cm³/mol. The quantitative estimate of drug-likeness (QED) is 0.578. The van der Waals surface area contributed by atoms with Gasteiger partial charge in [-0.25, -0.2) is 15.0 Å². The molecule has 4 nitrogen and oxygen atoms in total. The van der Waals surface area contributed by atoms with Crippen LogP contribution >= 0.6 is 23.1 Å². The van der Waals surface area contributed by atoms with Crippen molar-refractivity contribution in [1.29, 1.82) is 0 Å². The summed E-state index contributed by atoms with van der Waals surface area (Å²) in [5, 5.41) is 1.57. The minimum atomic E-state index is 0.496. The van der Waals surface area contributed by atoms with Gasteiger partial charge in [-0.3, -0.25) is 0 Å². The van der Waals surface area contributed by atoms with Crippen molar-refractivity contribution in [2.24, 2.45) is 0 Å². The third-order valence-electron chi connectivity index (χ3n) is 2.79. The number of hydrogen-bond acceptors (Lipinski definition) is 6. The van der Waals surface area contributed by atoms with E-state index in [1.165, 1.54) is 11.8 Å². The first-order valence-electron chi connectivity index (χ1n) is 5.73. The molecule has 6 heteroatoms. The smallest absolute Gasteiger partial charge is 0.189 e. The second-order valence-corrected chi connectivity index (χ2v) is 5.85. The number of anilines is 1. The molecule has 0 saturated carbocycles. The Kier molecular flexibility index (Phi) is 3.12. The Morgan fingerprint density at radius 1 is 1.16 bits per heavy atom. The lowest BCUT2D eigenvalue weighted by molar-refractivity contribution is 0.946. The van der Waals surface area contributed by atoms with E-state index in [0.29, 0.717) is 11.0 Å². The molecule has 0 radical (unpaired) electrons. The van der Waals surface area contributed by atoms with E-state index in [-0.39, 0.29) is 0 Å². The third-order valence-corrected chi connectivity index (χ3v) is 4.39. The third kappa shape index (κ3) is 2.17. The van der Waals surface area contributed by atoms with Crippen LogP contribution in [0.15, 0.2) is 29.4 Å². The lowest BCUT2D eigenvalue weighted by Crippen LogP contribution is -2.01. The molecule has 0 aliphatic rings. The van der Waals surface area contributed by atoms with E-state index in [0.717, 1.165) is 26.5 Å². The highest BCUT2D eigenvalue weighted by atomic mass is 32.2. The van der Waals surface area contributed by atoms with Crippen molar-refractivity contribution >= 4 is 39.1 Å². The molecule has 0 amide bonds. The number of aryl methyl sites for hydroxylation is 1. The lowest BCUT2D eigenvalue weighted by Gasteiger charge is -2.06. The second kappa shape index (κ2) is 4.79. The Bertz CT molecular complexity index is 695. The number of benzene rings is 1. The van der Waals surface area contributed by atoms with Crippen LogP contribution in [0, 0.1) is 6.92 Å². The maximum absolute atomic E-state index is 6.05. The van der Waals surface area contributed by atoms with Crippen LogP contribution in [0.3, 0.4) is 0 Å². The van der Waals surface area contributed by atoms with Gasteiger partial charge in [0.2, 0.25) is 0 Å². The molecule has 1 aromatic carbocycles. The van der Waals surface area contributed by atoms with Crippen molar-refractivity contribution in [2.45, 2.75) is 12.1 Å². The van der Waals surface area contributed by atoms with Crippen LogP contribution < -0.4 is 5.73 Å². The molecule has 96 valence electrons. The molecule has 19 heavy (non-hydrogen) atoms. The average molecular weight is 288 g/mol. The van der Waals surface area contributed by atoms with Gasteiger partial charge in [-0.05, 0) is 25.3 Å². The summed E-state index contributed by atoms with van der Waals surface area (Å²) in [4.78, 5) is 13.3. The molecular formula is C13H12N4S2. The number of fused-ring (bicyclic) bond motifs is 1. The SMILES string of the molecule is CSc1nc(C)c(-c2nc3ccccc3s2)c(N)n1. The Hall–Kier alpha value is -1.66. The van der Waals surface area contributed by atoms with Gasteiger partial charge < -0.3 is 5.73 Å². The Labute approximate surface area is 119 Å². The van der Waals surface area contributed by atoms with Gasteiger partial charge in [0.15, 0.2) is 5.16 Å². The second-order valence-electron chi connectivity index (χ2n) is 4.04. The molecule has 0 aliphatic heterocycles. The van der Waals surface area contributed by atoms with Gasteiger partial charge in [0.1, 0.15) is 10.8 Å². The van der Waals surface area contributed by atoms with Crippen LogP contribution in [0.1, 0.15) is 5.69 Å². The first-order chi connectivity index (χ1) is 9.19. The minimum Gasteiger partial charge on any atom is -0.383 e. The topological polar surface area (TPSA) is 64.7 Å². The summed E-state index contributed by atoms with van der Waals surface area (Å²) in [5.41, 5.74) is 8.75. The molecule has 0 spiro atoms. The molecule has 2 N–H and O–H groups in total. The normalized spacial score (nSPS) is 11.1.